The third-order valence-corrected chi connectivity index (χ3v) is 1.59. The molecule has 0 unspecified atom stereocenters. The van der Waals surface area contributed by atoms with Crippen molar-refractivity contribution < 1.29 is 15.1 Å². The summed E-state index contributed by atoms with van der Waals surface area (Å²) in [7, 11) is 0. The molecule has 1 aromatic rings. The number of oxime groups is 1. The molecule has 1 rings (SSSR count). The van der Waals surface area contributed by atoms with E-state index in [1.165, 1.54) is 11.6 Å². The zero-order chi connectivity index (χ0) is 8.27. The summed E-state index contributed by atoms with van der Waals surface area (Å²) in [6, 6.07) is 0. The summed E-state index contributed by atoms with van der Waals surface area (Å²) in [6.45, 7) is 0. The lowest BCUT2D eigenvalue weighted by Crippen LogP contribution is -2.13. The number of carbonyl (C=O) groups is 1. The Morgan fingerprint density at radius 2 is 2.45 bits per heavy atom. The van der Waals surface area contributed by atoms with Crippen molar-refractivity contribution in [1.29, 1.82) is 0 Å². The minimum Gasteiger partial charge on any atom is -0.476 e. The lowest BCUT2D eigenvalue weighted by Gasteiger charge is -1.90. The van der Waals surface area contributed by atoms with E-state index in [0.717, 1.165) is 11.5 Å². The van der Waals surface area contributed by atoms with Gasteiger partial charge in [-0.3, -0.25) is 0 Å². The van der Waals surface area contributed by atoms with E-state index >= 15 is 0 Å². The second-order valence-corrected chi connectivity index (χ2v) is 2.32. The van der Waals surface area contributed by atoms with Gasteiger partial charge in [0.15, 0.2) is 5.71 Å². The predicted octanol–water partition coefficient (Wildman–Crippen LogP) is 0.406. The van der Waals surface area contributed by atoms with Crippen LogP contribution in [0.15, 0.2) is 16.7 Å². The van der Waals surface area contributed by atoms with Crippen LogP contribution in [0, 0.1) is 0 Å². The molecule has 5 nitrogen and oxygen atoms in total. The first-order valence-electron chi connectivity index (χ1n) is 2.61. The van der Waals surface area contributed by atoms with Gasteiger partial charge in [-0.15, -0.1) is 0 Å². The first kappa shape index (κ1) is 7.67. The Balaban J connectivity index is 2.99. The third kappa shape index (κ3) is 1.53. The van der Waals surface area contributed by atoms with E-state index in [1.54, 1.807) is 0 Å². The average molecular weight is 172 g/mol. The summed E-state index contributed by atoms with van der Waals surface area (Å²) in [5.41, 5.74) is -0.0799. The number of aromatic nitrogens is 1. The van der Waals surface area contributed by atoms with Crippen LogP contribution in [0.25, 0.3) is 0 Å². The van der Waals surface area contributed by atoms with Gasteiger partial charge in [-0.05, 0) is 11.5 Å². The van der Waals surface area contributed by atoms with Gasteiger partial charge in [0, 0.05) is 10.9 Å². The molecule has 0 aromatic carbocycles. The summed E-state index contributed by atoms with van der Waals surface area (Å²) in [4.78, 5) is 10.3. The highest BCUT2D eigenvalue weighted by molar-refractivity contribution is 7.03. The van der Waals surface area contributed by atoms with Crippen LogP contribution in [0.4, 0.5) is 0 Å². The van der Waals surface area contributed by atoms with Gasteiger partial charge in [0.25, 0.3) is 0 Å². The maximum Gasteiger partial charge on any atom is 0.358 e. The third-order valence-electron chi connectivity index (χ3n) is 1.01. The second-order valence-electron chi connectivity index (χ2n) is 1.67. The summed E-state index contributed by atoms with van der Waals surface area (Å²) >= 11 is 1.10. The predicted molar refractivity (Wildman–Crippen MR) is 38.1 cm³/mol. The maximum absolute atomic E-state index is 10.3. The topological polar surface area (TPSA) is 82.8 Å². The number of hydrogen-bond donors (Lipinski definition) is 2. The first-order chi connectivity index (χ1) is 5.25. The van der Waals surface area contributed by atoms with Crippen LogP contribution in [0.2, 0.25) is 0 Å². The molecule has 58 valence electrons. The molecule has 6 heteroatoms. The van der Waals surface area contributed by atoms with Crippen molar-refractivity contribution in [2.24, 2.45) is 5.16 Å². The molecule has 11 heavy (non-hydrogen) atoms. The molecular weight excluding hydrogens is 168 g/mol. The second kappa shape index (κ2) is 3.11. The highest BCUT2D eigenvalue weighted by Crippen LogP contribution is 2.03. The standard InChI is InChI=1S/C5H4N2O3S/c8-5(9)4(7-10)3-1-6-11-2-3/h1-2,10H,(H,8,9)/b7-4+. The van der Waals surface area contributed by atoms with Crippen molar-refractivity contribution in [3.63, 3.8) is 0 Å². The zero-order valence-corrected chi connectivity index (χ0v) is 6.08. The Labute approximate surface area is 65.8 Å². The molecule has 0 radical (unpaired) electrons. The molecule has 0 saturated carbocycles. The van der Waals surface area contributed by atoms with Crippen molar-refractivity contribution >= 4 is 23.2 Å². The molecule has 0 aliphatic carbocycles. The Kier molecular flexibility index (Phi) is 2.17. The van der Waals surface area contributed by atoms with Gasteiger partial charge in [-0.1, -0.05) is 5.16 Å². The van der Waals surface area contributed by atoms with Crippen molar-refractivity contribution in [1.82, 2.24) is 4.37 Å². The van der Waals surface area contributed by atoms with Crippen molar-refractivity contribution in [3.8, 4) is 0 Å². The number of nitrogens with zero attached hydrogens (tertiary/aromatic N) is 2. The highest BCUT2D eigenvalue weighted by atomic mass is 32.1. The highest BCUT2D eigenvalue weighted by Gasteiger charge is 2.13. The lowest BCUT2D eigenvalue weighted by molar-refractivity contribution is -0.129. The zero-order valence-electron chi connectivity index (χ0n) is 5.26. The Bertz CT molecular complexity index is 280. The van der Waals surface area contributed by atoms with E-state index in [-0.39, 0.29) is 0 Å². The van der Waals surface area contributed by atoms with E-state index in [2.05, 4.69) is 9.53 Å². The minimum absolute atomic E-state index is 0.310. The van der Waals surface area contributed by atoms with Gasteiger partial charge in [-0.2, -0.15) is 0 Å². The van der Waals surface area contributed by atoms with E-state index in [9.17, 15) is 4.79 Å². The van der Waals surface area contributed by atoms with Crippen LogP contribution in [0.1, 0.15) is 5.56 Å². The van der Waals surface area contributed by atoms with Gasteiger partial charge < -0.3 is 10.3 Å². The summed E-state index contributed by atoms with van der Waals surface area (Å²) in [6.07, 6.45) is 1.33. The molecule has 0 amide bonds. The molecule has 1 aromatic heterocycles. The van der Waals surface area contributed by atoms with Crippen LogP contribution < -0.4 is 0 Å². The van der Waals surface area contributed by atoms with Crippen LogP contribution in [0.3, 0.4) is 0 Å². The van der Waals surface area contributed by atoms with Crippen molar-refractivity contribution in [2.45, 2.75) is 0 Å². The van der Waals surface area contributed by atoms with E-state index in [1.807, 2.05) is 0 Å². The number of carboxylic acid groups (broad SMARTS) is 1. The fourth-order valence-corrected chi connectivity index (χ4v) is 1.07. The molecule has 0 atom stereocenters. The summed E-state index contributed by atoms with van der Waals surface area (Å²) in [5, 5.41) is 20.8. The minimum atomic E-state index is -1.27. The van der Waals surface area contributed by atoms with Crippen molar-refractivity contribution in [3.05, 3.63) is 17.1 Å². The fourth-order valence-electron chi connectivity index (χ4n) is 0.546. The van der Waals surface area contributed by atoms with E-state index in [0.29, 0.717) is 5.56 Å². The average Bonchev–Trinajstić information content (AvgIpc) is 2.40. The normalized spacial score (nSPS) is 11.5. The molecule has 0 fully saturated rings. The molecule has 1 heterocycles. The number of aliphatic carboxylic acids is 1. The van der Waals surface area contributed by atoms with Gasteiger partial charge >= 0.3 is 5.97 Å². The Hall–Kier alpha value is -1.43. The van der Waals surface area contributed by atoms with Crippen molar-refractivity contribution in [2.75, 3.05) is 0 Å². The van der Waals surface area contributed by atoms with Crippen LogP contribution in [-0.2, 0) is 4.79 Å². The molecule has 0 bridgehead atoms. The Morgan fingerprint density at radius 1 is 1.73 bits per heavy atom. The van der Waals surface area contributed by atoms with Crippen LogP contribution >= 0.6 is 11.5 Å². The van der Waals surface area contributed by atoms with Gasteiger partial charge in [-0.25, -0.2) is 9.17 Å². The number of rotatable bonds is 2. The van der Waals surface area contributed by atoms with Crippen LogP contribution in [-0.4, -0.2) is 26.4 Å². The lowest BCUT2D eigenvalue weighted by atomic mass is 10.2. The first-order valence-corrected chi connectivity index (χ1v) is 3.44. The monoisotopic (exact) mass is 172 g/mol. The largest absolute Gasteiger partial charge is 0.476 e. The van der Waals surface area contributed by atoms with Gasteiger partial charge in [0.1, 0.15) is 0 Å². The smallest absolute Gasteiger partial charge is 0.358 e. The molecular formula is C5H4N2O3S. The summed E-state index contributed by atoms with van der Waals surface area (Å²) < 4.78 is 3.66. The quantitative estimate of drug-likeness (QED) is 0.384. The molecule has 0 aliphatic heterocycles. The molecule has 0 saturated heterocycles. The maximum atomic E-state index is 10.3. The molecule has 0 spiro atoms. The summed E-state index contributed by atoms with van der Waals surface area (Å²) in [5.74, 6) is -1.27. The molecule has 2 N–H and O–H groups in total. The van der Waals surface area contributed by atoms with E-state index in [4.69, 9.17) is 10.3 Å². The Morgan fingerprint density at radius 3 is 2.82 bits per heavy atom. The van der Waals surface area contributed by atoms with Gasteiger partial charge in [0.2, 0.25) is 0 Å². The van der Waals surface area contributed by atoms with Gasteiger partial charge in [0.05, 0.1) is 6.20 Å². The molecule has 0 aliphatic rings. The number of hydrogen-bond acceptors (Lipinski definition) is 5. The fraction of sp³-hybridized carbons (Fsp3) is 0. The SMILES string of the molecule is O=C(O)/C(=N/O)c1cnsc1. The van der Waals surface area contributed by atoms with Crippen LogP contribution in [0.5, 0.6) is 0 Å². The van der Waals surface area contributed by atoms with E-state index < -0.39 is 11.7 Å². The number of carboxylic acids is 1.